The van der Waals surface area contributed by atoms with Gasteiger partial charge in [-0.05, 0) is 85.1 Å². The van der Waals surface area contributed by atoms with Crippen molar-refractivity contribution in [3.8, 4) is 11.5 Å². The fourth-order valence-corrected chi connectivity index (χ4v) is 6.60. The van der Waals surface area contributed by atoms with Gasteiger partial charge in [-0.3, -0.25) is 4.79 Å². The fourth-order valence-electron chi connectivity index (χ4n) is 4.95. The van der Waals surface area contributed by atoms with Crippen LogP contribution in [-0.2, 0) is 14.8 Å². The summed E-state index contributed by atoms with van der Waals surface area (Å²) in [6.07, 6.45) is 2.30. The smallest absolute Gasteiger partial charge is 0.243 e. The van der Waals surface area contributed by atoms with Crippen molar-refractivity contribution in [1.82, 2.24) is 19.6 Å². The van der Waals surface area contributed by atoms with E-state index in [0.29, 0.717) is 41.3 Å². The molecule has 0 aliphatic carbocycles. The number of nitrogens with one attached hydrogen (secondary N) is 2. The number of carbonyl (C=O) groups is 1. The molecule has 2 N–H and O–H groups in total. The lowest BCUT2D eigenvalue weighted by Gasteiger charge is -2.26. The molecule has 2 aliphatic rings. The number of carbonyl (C=O) groups excluding carboxylic acids is 1. The summed E-state index contributed by atoms with van der Waals surface area (Å²) < 4.78 is 65.7. The van der Waals surface area contributed by atoms with E-state index in [-0.39, 0.29) is 30.0 Å². The highest BCUT2D eigenvalue weighted by atomic mass is 32.2. The third kappa shape index (κ3) is 5.60. The summed E-state index contributed by atoms with van der Waals surface area (Å²) in [6, 6.07) is 15.2. The van der Waals surface area contributed by atoms with E-state index in [1.165, 1.54) is 30.5 Å². The van der Waals surface area contributed by atoms with Gasteiger partial charge in [-0.15, -0.1) is 0 Å². The molecule has 2 aliphatic heterocycles. The molecule has 0 spiro atoms. The molecule has 13 heteroatoms. The van der Waals surface area contributed by atoms with Crippen LogP contribution >= 0.6 is 0 Å². The van der Waals surface area contributed by atoms with E-state index in [2.05, 4.69) is 20.6 Å². The topological polar surface area (TPSA) is 123 Å². The average Bonchev–Trinajstić information content (AvgIpc) is 3.68. The summed E-state index contributed by atoms with van der Waals surface area (Å²) in [7, 11) is -4.06. The van der Waals surface area contributed by atoms with Crippen LogP contribution in [0.15, 0.2) is 83.9 Å². The van der Waals surface area contributed by atoms with Crippen LogP contribution in [0.5, 0.6) is 11.5 Å². The van der Waals surface area contributed by atoms with Crippen molar-refractivity contribution in [3.63, 3.8) is 0 Å². The maximum atomic E-state index is 13.8. The Labute approximate surface area is 240 Å². The molecule has 0 saturated carbocycles. The van der Waals surface area contributed by atoms with Gasteiger partial charge >= 0.3 is 0 Å². The molecule has 4 aromatic rings. The van der Waals surface area contributed by atoms with E-state index in [0.717, 1.165) is 16.4 Å². The number of rotatable bonds is 8. The summed E-state index contributed by atoms with van der Waals surface area (Å²) in [5.74, 6) is -0.213. The Kier molecular flexibility index (Phi) is 7.43. The molecule has 1 fully saturated rings. The fraction of sp³-hybridized carbons (Fsp3) is 0.207. The second-order valence-corrected chi connectivity index (χ2v) is 11.6. The summed E-state index contributed by atoms with van der Waals surface area (Å²) >= 11 is 0. The van der Waals surface area contributed by atoms with Crippen LogP contribution in [0.2, 0.25) is 0 Å². The molecule has 3 aromatic carbocycles. The molecular weight excluding hydrogens is 568 g/mol. The average molecular weight is 594 g/mol. The first-order valence-corrected chi connectivity index (χ1v) is 14.5. The largest absolute Gasteiger partial charge is 0.454 e. The van der Waals surface area contributed by atoms with Crippen molar-refractivity contribution in [2.75, 3.05) is 18.7 Å². The van der Waals surface area contributed by atoms with Crippen molar-refractivity contribution in [3.05, 3.63) is 102 Å². The van der Waals surface area contributed by atoms with Gasteiger partial charge in [0, 0.05) is 18.4 Å². The van der Waals surface area contributed by atoms with Crippen molar-refractivity contribution in [2.24, 2.45) is 0 Å². The van der Waals surface area contributed by atoms with Gasteiger partial charge in [0.15, 0.2) is 11.5 Å². The molecule has 0 bridgehead atoms. The molecule has 10 nitrogen and oxygen atoms in total. The van der Waals surface area contributed by atoms with Gasteiger partial charge in [0.1, 0.15) is 17.7 Å². The van der Waals surface area contributed by atoms with Gasteiger partial charge in [0.25, 0.3) is 0 Å². The number of anilines is 2. The quantitative estimate of drug-likeness (QED) is 0.310. The minimum atomic E-state index is -4.06. The first-order valence-electron chi connectivity index (χ1n) is 13.1. The number of amides is 1. The molecule has 216 valence electrons. The first-order chi connectivity index (χ1) is 20.3. The molecule has 1 unspecified atom stereocenters. The van der Waals surface area contributed by atoms with Crippen molar-refractivity contribution < 1.29 is 31.5 Å². The molecule has 1 amide bonds. The molecule has 0 radical (unpaired) electrons. The van der Waals surface area contributed by atoms with Crippen LogP contribution in [-0.4, -0.2) is 48.0 Å². The maximum absolute atomic E-state index is 13.8. The van der Waals surface area contributed by atoms with E-state index in [1.807, 2.05) is 0 Å². The lowest BCUT2D eigenvalue weighted by Crippen LogP contribution is -2.47. The first kappa shape index (κ1) is 27.5. The standard InChI is InChI=1S/C29H25F2N5O5S/c30-19-4-8-21(9-5-19)33-29-32-14-13-23(34-29)27(18-3-12-25-26(16-18)41-17-40-25)35-28(37)24-2-1-15-36(24)42(38,39)22-10-6-20(31)7-11-22/h3-14,16,24,27H,1-2,15,17H2,(H,35,37)(H,32,33,34)/t24-,27?/m0/s1. The van der Waals surface area contributed by atoms with Gasteiger partial charge in [-0.2, -0.15) is 4.31 Å². The molecule has 1 saturated heterocycles. The second kappa shape index (κ2) is 11.3. The molecule has 1 aromatic heterocycles. The van der Waals surface area contributed by atoms with Gasteiger partial charge in [0.2, 0.25) is 28.7 Å². The van der Waals surface area contributed by atoms with Crippen molar-refractivity contribution in [1.29, 1.82) is 0 Å². The van der Waals surface area contributed by atoms with Crippen LogP contribution < -0.4 is 20.1 Å². The summed E-state index contributed by atoms with van der Waals surface area (Å²) in [6.45, 7) is 0.207. The number of hydrogen-bond acceptors (Lipinski definition) is 8. The Hall–Kier alpha value is -4.62. The highest BCUT2D eigenvalue weighted by molar-refractivity contribution is 7.89. The van der Waals surface area contributed by atoms with Gasteiger partial charge in [0.05, 0.1) is 16.6 Å². The lowest BCUT2D eigenvalue weighted by molar-refractivity contribution is -0.124. The number of fused-ring (bicyclic) bond motifs is 1. The van der Waals surface area contributed by atoms with Crippen molar-refractivity contribution >= 4 is 27.6 Å². The molecule has 6 rings (SSSR count). The molecule has 3 heterocycles. The number of nitrogens with zero attached hydrogens (tertiary/aromatic N) is 3. The van der Waals surface area contributed by atoms with Gasteiger partial charge < -0.3 is 20.1 Å². The zero-order valence-corrected chi connectivity index (χ0v) is 22.9. The molecular formula is C29H25F2N5O5S. The highest BCUT2D eigenvalue weighted by Crippen LogP contribution is 2.36. The number of aromatic nitrogens is 2. The normalized spacial score (nSPS) is 17.1. The van der Waals surface area contributed by atoms with Gasteiger partial charge in [-0.25, -0.2) is 27.2 Å². The number of hydrogen-bond donors (Lipinski definition) is 2. The van der Waals surface area contributed by atoms with Crippen LogP contribution in [0, 0.1) is 11.6 Å². The summed E-state index contributed by atoms with van der Waals surface area (Å²) in [5.41, 5.74) is 1.59. The zero-order valence-electron chi connectivity index (χ0n) is 22.0. The predicted octanol–water partition coefficient (Wildman–Crippen LogP) is 4.29. The number of ether oxygens (including phenoxy) is 2. The van der Waals surface area contributed by atoms with Crippen molar-refractivity contribution in [2.45, 2.75) is 29.8 Å². The Bertz CT molecular complexity index is 1720. The Morgan fingerprint density at radius 1 is 0.952 bits per heavy atom. The van der Waals surface area contributed by atoms with E-state index < -0.39 is 33.8 Å². The number of benzene rings is 3. The third-order valence-corrected chi connectivity index (χ3v) is 8.94. The van der Waals surface area contributed by atoms with Crippen LogP contribution in [0.1, 0.15) is 30.1 Å². The Morgan fingerprint density at radius 2 is 1.67 bits per heavy atom. The van der Waals surface area contributed by atoms with E-state index in [4.69, 9.17) is 9.47 Å². The lowest BCUT2D eigenvalue weighted by atomic mass is 10.0. The maximum Gasteiger partial charge on any atom is 0.243 e. The Morgan fingerprint density at radius 3 is 2.43 bits per heavy atom. The van der Waals surface area contributed by atoms with E-state index in [1.54, 1.807) is 36.4 Å². The number of sulfonamides is 1. The SMILES string of the molecule is O=C(NC(c1ccc2c(c1)OCO2)c1ccnc(Nc2ccc(F)cc2)n1)[C@@H]1CCCN1S(=O)(=O)c1ccc(F)cc1. The van der Waals surface area contributed by atoms with Crippen LogP contribution in [0.25, 0.3) is 0 Å². The second-order valence-electron chi connectivity index (χ2n) is 9.72. The minimum absolute atomic E-state index is 0.0628. The van der Waals surface area contributed by atoms with Crippen LogP contribution in [0.4, 0.5) is 20.4 Å². The minimum Gasteiger partial charge on any atom is -0.454 e. The van der Waals surface area contributed by atoms with Gasteiger partial charge in [-0.1, -0.05) is 6.07 Å². The van der Waals surface area contributed by atoms with Crippen LogP contribution in [0.3, 0.4) is 0 Å². The summed E-state index contributed by atoms with van der Waals surface area (Å²) in [5, 5.41) is 5.99. The Balaban J connectivity index is 1.31. The third-order valence-electron chi connectivity index (χ3n) is 7.02. The van der Waals surface area contributed by atoms with E-state index in [9.17, 15) is 22.0 Å². The highest BCUT2D eigenvalue weighted by Gasteiger charge is 2.40. The molecule has 42 heavy (non-hydrogen) atoms. The number of halogens is 2. The zero-order chi connectivity index (χ0) is 29.3. The predicted molar refractivity (Wildman–Crippen MR) is 148 cm³/mol. The summed E-state index contributed by atoms with van der Waals surface area (Å²) in [4.78, 5) is 22.5. The van der Waals surface area contributed by atoms with E-state index >= 15 is 0 Å². The molecule has 2 atom stereocenters. The monoisotopic (exact) mass is 593 g/mol.